The van der Waals surface area contributed by atoms with Crippen LogP contribution in [0.3, 0.4) is 0 Å². The van der Waals surface area contributed by atoms with Gasteiger partial charge in [-0.3, -0.25) is 14.9 Å². The molecular formula is C19H16N2O3S. The monoisotopic (exact) mass is 352 g/mol. The minimum Gasteiger partial charge on any atom is -0.340 e. The van der Waals surface area contributed by atoms with Gasteiger partial charge < -0.3 is 5.32 Å². The van der Waals surface area contributed by atoms with E-state index >= 15 is 0 Å². The Morgan fingerprint density at radius 3 is 2.52 bits per heavy atom. The zero-order chi connectivity index (χ0) is 17.8. The fraction of sp³-hybridized carbons (Fsp3) is 0.105. The number of rotatable bonds is 5. The number of carbonyl (C=O) groups is 1. The molecule has 5 nitrogen and oxygen atoms in total. The SMILES string of the molecule is Cc1ccc([C@H](NC(=O)c2cccc([N+](=O)[O-])c2)c2cccs2)cc1. The average Bonchev–Trinajstić information content (AvgIpc) is 3.15. The Balaban J connectivity index is 1.90. The van der Waals surface area contributed by atoms with Crippen molar-refractivity contribution in [1.82, 2.24) is 5.32 Å². The van der Waals surface area contributed by atoms with E-state index in [-0.39, 0.29) is 23.2 Å². The number of hydrogen-bond donors (Lipinski definition) is 1. The zero-order valence-electron chi connectivity index (χ0n) is 13.5. The molecule has 1 amide bonds. The first-order chi connectivity index (χ1) is 12.0. The summed E-state index contributed by atoms with van der Waals surface area (Å²) in [4.78, 5) is 24.0. The van der Waals surface area contributed by atoms with E-state index in [1.807, 2.05) is 48.7 Å². The van der Waals surface area contributed by atoms with E-state index in [1.165, 1.54) is 18.2 Å². The van der Waals surface area contributed by atoms with Crippen molar-refractivity contribution >= 4 is 22.9 Å². The second-order valence-electron chi connectivity index (χ2n) is 5.64. The standard InChI is InChI=1S/C19H16N2O3S/c1-13-7-9-14(10-8-13)18(17-6-3-11-25-17)20-19(22)15-4-2-5-16(12-15)21(23)24/h2-12,18H,1H3,(H,20,22)/t18-/m0/s1. The summed E-state index contributed by atoms with van der Waals surface area (Å²) in [5, 5.41) is 15.9. The highest BCUT2D eigenvalue weighted by Crippen LogP contribution is 2.27. The van der Waals surface area contributed by atoms with E-state index in [9.17, 15) is 14.9 Å². The van der Waals surface area contributed by atoms with Gasteiger partial charge in [0.25, 0.3) is 11.6 Å². The van der Waals surface area contributed by atoms with Gasteiger partial charge in [0.05, 0.1) is 11.0 Å². The summed E-state index contributed by atoms with van der Waals surface area (Å²) >= 11 is 1.55. The molecule has 1 atom stereocenters. The van der Waals surface area contributed by atoms with Gasteiger partial charge in [-0.2, -0.15) is 0 Å². The maximum absolute atomic E-state index is 12.6. The molecule has 1 N–H and O–H groups in total. The van der Waals surface area contributed by atoms with E-state index < -0.39 is 4.92 Å². The Bertz CT molecular complexity index is 889. The fourth-order valence-electron chi connectivity index (χ4n) is 2.51. The Hall–Kier alpha value is -2.99. The van der Waals surface area contributed by atoms with Crippen molar-refractivity contribution in [3.63, 3.8) is 0 Å². The first-order valence-electron chi connectivity index (χ1n) is 7.70. The number of carbonyl (C=O) groups excluding carboxylic acids is 1. The molecule has 126 valence electrons. The lowest BCUT2D eigenvalue weighted by atomic mass is 10.0. The van der Waals surface area contributed by atoms with Gasteiger partial charge in [0.15, 0.2) is 0 Å². The number of nitro benzene ring substituents is 1. The molecule has 3 rings (SSSR count). The lowest BCUT2D eigenvalue weighted by Crippen LogP contribution is -2.28. The number of nitrogens with zero attached hydrogens (tertiary/aromatic N) is 1. The molecule has 0 aliphatic carbocycles. The van der Waals surface area contributed by atoms with Gasteiger partial charge >= 0.3 is 0 Å². The minimum absolute atomic E-state index is 0.101. The average molecular weight is 352 g/mol. The van der Waals surface area contributed by atoms with Crippen LogP contribution in [0.25, 0.3) is 0 Å². The van der Waals surface area contributed by atoms with Gasteiger partial charge in [-0.05, 0) is 30.0 Å². The first kappa shape index (κ1) is 16.9. The number of amides is 1. The highest BCUT2D eigenvalue weighted by Gasteiger charge is 2.20. The molecule has 25 heavy (non-hydrogen) atoms. The molecule has 6 heteroatoms. The lowest BCUT2D eigenvalue weighted by molar-refractivity contribution is -0.384. The van der Waals surface area contributed by atoms with E-state index in [0.29, 0.717) is 0 Å². The van der Waals surface area contributed by atoms with Crippen molar-refractivity contribution in [3.05, 3.63) is 97.7 Å². The smallest absolute Gasteiger partial charge is 0.270 e. The van der Waals surface area contributed by atoms with Crippen LogP contribution < -0.4 is 5.32 Å². The number of hydrogen-bond acceptors (Lipinski definition) is 4. The van der Waals surface area contributed by atoms with Crippen LogP contribution in [0.15, 0.2) is 66.0 Å². The third-order valence-electron chi connectivity index (χ3n) is 3.83. The van der Waals surface area contributed by atoms with Crippen LogP contribution in [-0.2, 0) is 0 Å². The van der Waals surface area contributed by atoms with Crippen LogP contribution in [0, 0.1) is 17.0 Å². The molecule has 0 aliphatic heterocycles. The summed E-state index contributed by atoms with van der Waals surface area (Å²) in [6.45, 7) is 2.01. The molecule has 0 unspecified atom stereocenters. The number of thiophene rings is 1. The van der Waals surface area contributed by atoms with Crippen LogP contribution in [-0.4, -0.2) is 10.8 Å². The highest BCUT2D eigenvalue weighted by atomic mass is 32.1. The van der Waals surface area contributed by atoms with Crippen LogP contribution >= 0.6 is 11.3 Å². The molecule has 0 fully saturated rings. The summed E-state index contributed by atoms with van der Waals surface area (Å²) in [5.41, 5.74) is 2.27. The second-order valence-corrected chi connectivity index (χ2v) is 6.62. The fourth-order valence-corrected chi connectivity index (χ4v) is 3.31. The molecule has 0 aliphatic rings. The predicted molar refractivity (Wildman–Crippen MR) is 97.9 cm³/mol. The molecule has 0 spiro atoms. The Morgan fingerprint density at radius 1 is 1.12 bits per heavy atom. The van der Waals surface area contributed by atoms with E-state index in [2.05, 4.69) is 5.32 Å². The predicted octanol–water partition coefficient (Wildman–Crippen LogP) is 4.48. The third-order valence-corrected chi connectivity index (χ3v) is 4.77. The largest absolute Gasteiger partial charge is 0.340 e. The van der Waals surface area contributed by atoms with Crippen LogP contribution in [0.1, 0.15) is 32.4 Å². The summed E-state index contributed by atoms with van der Waals surface area (Å²) in [6.07, 6.45) is 0. The van der Waals surface area contributed by atoms with Crippen molar-refractivity contribution in [2.75, 3.05) is 0 Å². The summed E-state index contributed by atoms with van der Waals surface area (Å²) in [7, 11) is 0. The molecular weight excluding hydrogens is 336 g/mol. The molecule has 3 aromatic rings. The Morgan fingerprint density at radius 2 is 1.88 bits per heavy atom. The second kappa shape index (κ2) is 7.27. The molecule has 0 saturated carbocycles. The minimum atomic E-state index is -0.506. The highest BCUT2D eigenvalue weighted by molar-refractivity contribution is 7.10. The molecule has 1 heterocycles. The summed E-state index contributed by atoms with van der Waals surface area (Å²) in [6, 6.07) is 17.3. The van der Waals surface area contributed by atoms with E-state index in [4.69, 9.17) is 0 Å². The zero-order valence-corrected chi connectivity index (χ0v) is 14.3. The van der Waals surface area contributed by atoms with Gasteiger partial charge in [0.2, 0.25) is 0 Å². The molecule has 2 aromatic carbocycles. The van der Waals surface area contributed by atoms with Crippen LogP contribution in [0.5, 0.6) is 0 Å². The van der Waals surface area contributed by atoms with Crippen molar-refractivity contribution in [1.29, 1.82) is 0 Å². The van der Waals surface area contributed by atoms with Gasteiger partial charge in [0.1, 0.15) is 0 Å². The van der Waals surface area contributed by atoms with Gasteiger partial charge in [-0.15, -0.1) is 11.3 Å². The van der Waals surface area contributed by atoms with Crippen molar-refractivity contribution in [2.24, 2.45) is 0 Å². The first-order valence-corrected chi connectivity index (χ1v) is 8.58. The van der Waals surface area contributed by atoms with Gasteiger partial charge in [-0.25, -0.2) is 0 Å². The number of nitro groups is 1. The molecule has 0 saturated heterocycles. The molecule has 1 aromatic heterocycles. The Labute approximate surface area is 149 Å². The summed E-state index contributed by atoms with van der Waals surface area (Å²) < 4.78 is 0. The normalized spacial score (nSPS) is 11.7. The van der Waals surface area contributed by atoms with Gasteiger partial charge in [-0.1, -0.05) is 42.0 Å². The Kier molecular flexibility index (Phi) is 4.90. The summed E-state index contributed by atoms with van der Waals surface area (Å²) in [5.74, 6) is -0.345. The van der Waals surface area contributed by atoms with E-state index in [0.717, 1.165) is 16.0 Å². The quantitative estimate of drug-likeness (QED) is 0.543. The van der Waals surface area contributed by atoms with Crippen molar-refractivity contribution in [3.8, 4) is 0 Å². The maximum atomic E-state index is 12.6. The number of aryl methyl sites for hydroxylation is 1. The van der Waals surface area contributed by atoms with Crippen molar-refractivity contribution in [2.45, 2.75) is 13.0 Å². The number of non-ortho nitro benzene ring substituents is 1. The van der Waals surface area contributed by atoms with Crippen LogP contribution in [0.2, 0.25) is 0 Å². The molecule has 0 radical (unpaired) electrons. The van der Waals surface area contributed by atoms with E-state index in [1.54, 1.807) is 17.4 Å². The molecule has 0 bridgehead atoms. The maximum Gasteiger partial charge on any atom is 0.270 e. The van der Waals surface area contributed by atoms with Crippen molar-refractivity contribution < 1.29 is 9.72 Å². The third kappa shape index (κ3) is 3.92. The topological polar surface area (TPSA) is 72.2 Å². The number of nitrogens with one attached hydrogen (secondary N) is 1. The van der Waals surface area contributed by atoms with Gasteiger partial charge in [0, 0.05) is 22.6 Å². The number of benzene rings is 2. The van der Waals surface area contributed by atoms with Crippen LogP contribution in [0.4, 0.5) is 5.69 Å². The lowest BCUT2D eigenvalue weighted by Gasteiger charge is -2.18.